The zero-order chi connectivity index (χ0) is 18.7. The molecule has 6 nitrogen and oxygen atoms in total. The fraction of sp³-hybridized carbons (Fsp3) is 0.684. The van der Waals surface area contributed by atoms with E-state index in [0.29, 0.717) is 32.3 Å². The highest BCUT2D eigenvalue weighted by atomic mass is 32.2. The Balaban J connectivity index is 1.45. The molecule has 0 spiro atoms. The van der Waals surface area contributed by atoms with Crippen LogP contribution < -0.4 is 10.2 Å². The van der Waals surface area contributed by atoms with E-state index in [-0.39, 0.29) is 6.10 Å². The fourth-order valence-electron chi connectivity index (χ4n) is 3.89. The summed E-state index contributed by atoms with van der Waals surface area (Å²) in [6.07, 6.45) is 3.40. The van der Waals surface area contributed by atoms with Crippen LogP contribution in [0, 0.1) is 13.8 Å². The van der Waals surface area contributed by atoms with Crippen LogP contribution in [-0.4, -0.2) is 70.5 Å². The summed E-state index contributed by atoms with van der Waals surface area (Å²) in [4.78, 5) is 2.46. The standard InChI is InChI=1S/C19H31N3O3S/c1-15-10-16(2)12-18(11-15)21-6-4-17(5-7-21)20-13-19-14-22(8-9-25-19)26(3,23)24/h10-12,17,19-20H,4-9,13-14H2,1-3H3/t19-/m0/s1. The number of nitrogens with zero attached hydrogens (tertiary/aromatic N) is 2. The fourth-order valence-corrected chi connectivity index (χ4v) is 4.73. The van der Waals surface area contributed by atoms with Crippen LogP contribution in [0.1, 0.15) is 24.0 Å². The third kappa shape index (κ3) is 5.19. The van der Waals surface area contributed by atoms with Crippen molar-refractivity contribution in [3.63, 3.8) is 0 Å². The predicted octanol–water partition coefficient (Wildman–Crippen LogP) is 1.52. The van der Waals surface area contributed by atoms with Crippen LogP contribution in [0.3, 0.4) is 0 Å². The first-order chi connectivity index (χ1) is 12.3. The summed E-state index contributed by atoms with van der Waals surface area (Å²) in [5.74, 6) is 0. The lowest BCUT2D eigenvalue weighted by atomic mass is 10.0. The van der Waals surface area contributed by atoms with Crippen molar-refractivity contribution in [1.82, 2.24) is 9.62 Å². The summed E-state index contributed by atoms with van der Waals surface area (Å²) in [6.45, 7) is 8.48. The van der Waals surface area contributed by atoms with Crippen LogP contribution in [0.5, 0.6) is 0 Å². The number of sulfonamides is 1. The smallest absolute Gasteiger partial charge is 0.211 e. The molecule has 7 heteroatoms. The van der Waals surface area contributed by atoms with Gasteiger partial charge in [0.2, 0.25) is 10.0 Å². The Kier molecular flexibility index (Phi) is 6.22. The van der Waals surface area contributed by atoms with E-state index in [4.69, 9.17) is 4.74 Å². The van der Waals surface area contributed by atoms with Gasteiger partial charge in [0.05, 0.1) is 19.0 Å². The summed E-state index contributed by atoms with van der Waals surface area (Å²) in [6, 6.07) is 7.20. The van der Waals surface area contributed by atoms with Gasteiger partial charge >= 0.3 is 0 Å². The first-order valence-electron chi connectivity index (χ1n) is 9.44. The average Bonchev–Trinajstić information content (AvgIpc) is 2.59. The molecule has 1 aromatic carbocycles. The number of piperidine rings is 1. The summed E-state index contributed by atoms with van der Waals surface area (Å²) in [5, 5.41) is 3.58. The average molecular weight is 382 g/mol. The molecule has 2 fully saturated rings. The van der Waals surface area contributed by atoms with Gasteiger partial charge in [0.1, 0.15) is 0 Å². The zero-order valence-electron chi connectivity index (χ0n) is 16.1. The lowest BCUT2D eigenvalue weighted by Crippen LogP contribution is -2.51. The second-order valence-electron chi connectivity index (χ2n) is 7.63. The Labute approximate surface area is 157 Å². The Morgan fingerprint density at radius 3 is 2.38 bits per heavy atom. The van der Waals surface area contributed by atoms with Gasteiger partial charge in [-0.2, -0.15) is 4.31 Å². The van der Waals surface area contributed by atoms with Gasteiger partial charge in [-0.1, -0.05) is 6.07 Å². The molecule has 26 heavy (non-hydrogen) atoms. The van der Waals surface area contributed by atoms with E-state index in [9.17, 15) is 8.42 Å². The van der Waals surface area contributed by atoms with Gasteiger partial charge in [-0.3, -0.25) is 0 Å². The monoisotopic (exact) mass is 381 g/mol. The normalized spacial score (nSPS) is 23.3. The minimum Gasteiger partial charge on any atom is -0.374 e. The van der Waals surface area contributed by atoms with Gasteiger partial charge in [0, 0.05) is 44.5 Å². The molecule has 0 bridgehead atoms. The zero-order valence-corrected chi connectivity index (χ0v) is 16.9. The number of anilines is 1. The van der Waals surface area contributed by atoms with E-state index in [0.717, 1.165) is 25.9 Å². The molecule has 1 atom stereocenters. The van der Waals surface area contributed by atoms with Crippen molar-refractivity contribution in [3.8, 4) is 0 Å². The molecule has 3 rings (SSSR count). The molecule has 0 radical (unpaired) electrons. The first-order valence-corrected chi connectivity index (χ1v) is 11.3. The molecule has 0 unspecified atom stereocenters. The van der Waals surface area contributed by atoms with Gasteiger partial charge in [-0.05, 0) is 49.9 Å². The molecular formula is C19H31N3O3S. The lowest BCUT2D eigenvalue weighted by molar-refractivity contribution is -0.00166. The number of aryl methyl sites for hydroxylation is 2. The topological polar surface area (TPSA) is 61.9 Å². The van der Waals surface area contributed by atoms with E-state index >= 15 is 0 Å². The third-order valence-corrected chi connectivity index (χ3v) is 6.54. The number of morpholine rings is 1. The SMILES string of the molecule is Cc1cc(C)cc(N2CCC(NC[C@H]3CN(S(C)(=O)=O)CCO3)CC2)c1. The van der Waals surface area contributed by atoms with E-state index in [1.807, 2.05) is 0 Å². The molecule has 0 aromatic heterocycles. The molecule has 2 saturated heterocycles. The molecule has 2 aliphatic rings. The number of benzene rings is 1. The van der Waals surface area contributed by atoms with E-state index in [1.165, 1.54) is 27.4 Å². The molecule has 146 valence electrons. The Bertz CT molecular complexity index is 694. The van der Waals surface area contributed by atoms with E-state index in [1.54, 1.807) is 0 Å². The molecular weight excluding hydrogens is 350 g/mol. The van der Waals surface area contributed by atoms with Crippen molar-refractivity contribution in [2.24, 2.45) is 0 Å². The summed E-state index contributed by atoms with van der Waals surface area (Å²) < 4.78 is 30.7. The highest BCUT2D eigenvalue weighted by molar-refractivity contribution is 7.88. The van der Waals surface area contributed by atoms with Gasteiger partial charge in [0.15, 0.2) is 0 Å². The van der Waals surface area contributed by atoms with Crippen LogP contribution in [0.2, 0.25) is 0 Å². The van der Waals surface area contributed by atoms with Gasteiger partial charge in [0.25, 0.3) is 0 Å². The third-order valence-electron chi connectivity index (χ3n) is 5.27. The number of nitrogens with one attached hydrogen (secondary N) is 1. The number of ether oxygens (including phenoxy) is 1. The van der Waals surface area contributed by atoms with Crippen LogP contribution in [0.15, 0.2) is 18.2 Å². The Hall–Kier alpha value is -1.15. The number of rotatable bonds is 5. The van der Waals surface area contributed by atoms with Crippen LogP contribution in [0.25, 0.3) is 0 Å². The molecule has 2 heterocycles. The van der Waals surface area contributed by atoms with E-state index in [2.05, 4.69) is 42.3 Å². The van der Waals surface area contributed by atoms with Crippen LogP contribution >= 0.6 is 0 Å². The summed E-state index contributed by atoms with van der Waals surface area (Å²) in [7, 11) is -3.13. The van der Waals surface area contributed by atoms with Crippen molar-refractivity contribution >= 4 is 15.7 Å². The quantitative estimate of drug-likeness (QED) is 0.838. The molecule has 1 N–H and O–H groups in total. The summed E-state index contributed by atoms with van der Waals surface area (Å²) in [5.41, 5.74) is 3.94. The molecule has 0 saturated carbocycles. The number of hydrogen-bond acceptors (Lipinski definition) is 5. The predicted molar refractivity (Wildman–Crippen MR) is 105 cm³/mol. The Morgan fingerprint density at radius 1 is 1.12 bits per heavy atom. The second-order valence-corrected chi connectivity index (χ2v) is 9.61. The van der Waals surface area contributed by atoms with Crippen LogP contribution in [-0.2, 0) is 14.8 Å². The molecule has 0 amide bonds. The highest BCUT2D eigenvalue weighted by Crippen LogP contribution is 2.23. The van der Waals surface area contributed by atoms with E-state index < -0.39 is 10.0 Å². The first kappa shape index (κ1) is 19.6. The minimum absolute atomic E-state index is 0.0593. The molecule has 0 aliphatic carbocycles. The van der Waals surface area contributed by atoms with Crippen molar-refractivity contribution in [2.45, 2.75) is 38.8 Å². The maximum atomic E-state index is 11.7. The van der Waals surface area contributed by atoms with Crippen molar-refractivity contribution < 1.29 is 13.2 Å². The second kappa shape index (κ2) is 8.25. The minimum atomic E-state index is -3.13. The molecule has 2 aliphatic heterocycles. The van der Waals surface area contributed by atoms with Gasteiger partial charge in [-0.25, -0.2) is 8.42 Å². The number of hydrogen-bond donors (Lipinski definition) is 1. The maximum Gasteiger partial charge on any atom is 0.211 e. The van der Waals surface area contributed by atoms with Gasteiger partial charge in [-0.15, -0.1) is 0 Å². The molecule has 1 aromatic rings. The largest absolute Gasteiger partial charge is 0.374 e. The Morgan fingerprint density at radius 2 is 1.77 bits per heavy atom. The van der Waals surface area contributed by atoms with Crippen molar-refractivity contribution in [1.29, 1.82) is 0 Å². The summed E-state index contributed by atoms with van der Waals surface area (Å²) >= 11 is 0. The lowest BCUT2D eigenvalue weighted by Gasteiger charge is -2.36. The van der Waals surface area contributed by atoms with Crippen molar-refractivity contribution in [3.05, 3.63) is 29.3 Å². The highest BCUT2D eigenvalue weighted by Gasteiger charge is 2.27. The van der Waals surface area contributed by atoms with Gasteiger partial charge < -0.3 is 15.0 Å². The van der Waals surface area contributed by atoms with Crippen LogP contribution in [0.4, 0.5) is 5.69 Å². The van der Waals surface area contributed by atoms with Crippen molar-refractivity contribution in [2.75, 3.05) is 50.5 Å². The maximum absolute atomic E-state index is 11.7.